The molecule has 0 aliphatic heterocycles. The number of amides is 1. The Balaban J connectivity index is 2.23. The normalized spacial score (nSPS) is 15.1. The highest BCUT2D eigenvalue weighted by molar-refractivity contribution is 7.16. The molecule has 20 heavy (non-hydrogen) atoms. The molecule has 0 saturated carbocycles. The second kappa shape index (κ2) is 6.87. The molecule has 0 aromatic carbocycles. The van der Waals surface area contributed by atoms with E-state index in [0.717, 1.165) is 24.3 Å². The van der Waals surface area contributed by atoms with Gasteiger partial charge >= 0.3 is 0 Å². The van der Waals surface area contributed by atoms with Crippen LogP contribution in [0.2, 0.25) is 0 Å². The third kappa shape index (κ3) is 3.59. The van der Waals surface area contributed by atoms with E-state index >= 15 is 0 Å². The molecule has 0 saturated heterocycles. The monoisotopic (exact) mass is 291 g/mol. The van der Waals surface area contributed by atoms with Crippen molar-refractivity contribution in [2.45, 2.75) is 38.5 Å². The summed E-state index contributed by atoms with van der Waals surface area (Å²) in [7, 11) is 3.72. The fourth-order valence-electron chi connectivity index (χ4n) is 2.58. The van der Waals surface area contributed by atoms with Crippen molar-refractivity contribution in [2.24, 2.45) is 0 Å². The van der Waals surface area contributed by atoms with E-state index in [0.29, 0.717) is 12.1 Å². The lowest BCUT2D eigenvalue weighted by Crippen LogP contribution is -2.27. The average Bonchev–Trinajstić information content (AvgIpc) is 2.64. The van der Waals surface area contributed by atoms with E-state index in [2.05, 4.69) is 11.4 Å². The van der Waals surface area contributed by atoms with Crippen molar-refractivity contribution >= 4 is 22.2 Å². The number of thiophene rings is 1. The first kappa shape index (κ1) is 15.0. The van der Waals surface area contributed by atoms with Crippen LogP contribution in [-0.2, 0) is 17.6 Å². The van der Waals surface area contributed by atoms with Crippen molar-refractivity contribution in [2.75, 3.05) is 26.0 Å². The standard InChI is InChI=1S/C15H21N3OS/c1-18(2)10-14(19)17-15-12(9-16)11-7-5-3-4-6-8-13(11)20-15/h3-8,10H2,1-2H3,(H,17,19). The Kier molecular flexibility index (Phi) is 5.16. The Morgan fingerprint density at radius 1 is 1.30 bits per heavy atom. The minimum absolute atomic E-state index is 0.0549. The molecule has 108 valence electrons. The second-order valence-electron chi connectivity index (χ2n) is 5.52. The van der Waals surface area contributed by atoms with Crippen molar-refractivity contribution in [3.05, 3.63) is 16.0 Å². The van der Waals surface area contributed by atoms with Gasteiger partial charge in [-0.1, -0.05) is 12.8 Å². The first-order valence-electron chi connectivity index (χ1n) is 7.11. The Bertz CT molecular complexity index is 528. The van der Waals surface area contributed by atoms with Crippen molar-refractivity contribution in [1.29, 1.82) is 5.26 Å². The number of hydrogen-bond donors (Lipinski definition) is 1. The van der Waals surface area contributed by atoms with Gasteiger partial charge in [0.25, 0.3) is 0 Å². The molecule has 2 rings (SSSR count). The van der Waals surface area contributed by atoms with Crippen LogP contribution in [0.1, 0.15) is 41.7 Å². The summed E-state index contributed by atoms with van der Waals surface area (Å²) in [6.07, 6.45) is 6.84. The van der Waals surface area contributed by atoms with Crippen LogP contribution < -0.4 is 5.32 Å². The molecule has 4 nitrogen and oxygen atoms in total. The van der Waals surface area contributed by atoms with Gasteiger partial charge in [0.2, 0.25) is 5.91 Å². The third-order valence-corrected chi connectivity index (χ3v) is 4.70. The number of hydrogen-bond acceptors (Lipinski definition) is 4. The van der Waals surface area contributed by atoms with Crippen molar-refractivity contribution in [1.82, 2.24) is 4.90 Å². The predicted octanol–water partition coefficient (Wildman–Crippen LogP) is 2.78. The van der Waals surface area contributed by atoms with Gasteiger partial charge in [-0.05, 0) is 45.3 Å². The highest BCUT2D eigenvalue weighted by atomic mass is 32.1. The number of fused-ring (bicyclic) bond motifs is 1. The summed E-state index contributed by atoms with van der Waals surface area (Å²) in [4.78, 5) is 15.0. The first-order chi connectivity index (χ1) is 9.61. The number of aryl methyl sites for hydroxylation is 1. The Morgan fingerprint density at radius 2 is 2.00 bits per heavy atom. The molecule has 1 aliphatic carbocycles. The van der Waals surface area contributed by atoms with Crippen LogP contribution >= 0.6 is 11.3 Å². The van der Waals surface area contributed by atoms with Crippen LogP contribution in [0.4, 0.5) is 5.00 Å². The fourth-order valence-corrected chi connectivity index (χ4v) is 3.84. The van der Waals surface area contributed by atoms with E-state index in [9.17, 15) is 10.1 Å². The smallest absolute Gasteiger partial charge is 0.239 e. The molecule has 0 spiro atoms. The number of anilines is 1. The average molecular weight is 291 g/mol. The molecule has 0 bridgehead atoms. The minimum Gasteiger partial charge on any atom is -0.315 e. The zero-order chi connectivity index (χ0) is 14.5. The first-order valence-corrected chi connectivity index (χ1v) is 7.92. The molecule has 0 fully saturated rings. The van der Waals surface area contributed by atoms with Gasteiger partial charge in [0.1, 0.15) is 11.1 Å². The fraction of sp³-hybridized carbons (Fsp3) is 0.600. The maximum atomic E-state index is 11.9. The number of nitrogens with one attached hydrogen (secondary N) is 1. The van der Waals surface area contributed by atoms with E-state index in [-0.39, 0.29) is 5.91 Å². The molecular weight excluding hydrogens is 270 g/mol. The van der Waals surface area contributed by atoms with Gasteiger partial charge in [-0.15, -0.1) is 11.3 Å². The van der Waals surface area contributed by atoms with Crippen LogP contribution in [0.25, 0.3) is 0 Å². The minimum atomic E-state index is -0.0549. The van der Waals surface area contributed by atoms with Gasteiger partial charge in [0.15, 0.2) is 0 Å². The summed E-state index contributed by atoms with van der Waals surface area (Å²) in [6, 6.07) is 2.29. The summed E-state index contributed by atoms with van der Waals surface area (Å²) in [6.45, 7) is 0.341. The molecule has 0 unspecified atom stereocenters. The van der Waals surface area contributed by atoms with Gasteiger partial charge in [-0.3, -0.25) is 4.79 Å². The van der Waals surface area contributed by atoms with Crippen molar-refractivity contribution < 1.29 is 4.79 Å². The quantitative estimate of drug-likeness (QED) is 0.931. The highest BCUT2D eigenvalue weighted by Gasteiger charge is 2.20. The number of nitriles is 1. The van der Waals surface area contributed by atoms with Crippen LogP contribution in [-0.4, -0.2) is 31.4 Å². The van der Waals surface area contributed by atoms with Crippen molar-refractivity contribution in [3.8, 4) is 6.07 Å². The number of carbonyl (C=O) groups is 1. The van der Waals surface area contributed by atoms with Crippen LogP contribution in [0.15, 0.2) is 0 Å². The Hall–Kier alpha value is -1.38. The van der Waals surface area contributed by atoms with Gasteiger partial charge in [0.05, 0.1) is 12.1 Å². The lowest BCUT2D eigenvalue weighted by atomic mass is 9.97. The van der Waals surface area contributed by atoms with E-state index in [4.69, 9.17) is 0 Å². The zero-order valence-corrected chi connectivity index (χ0v) is 13.0. The van der Waals surface area contributed by atoms with Gasteiger partial charge in [-0.2, -0.15) is 5.26 Å². The largest absolute Gasteiger partial charge is 0.315 e. The summed E-state index contributed by atoms with van der Waals surface area (Å²) in [5, 5.41) is 13.1. The molecule has 1 heterocycles. The predicted molar refractivity (Wildman–Crippen MR) is 82.1 cm³/mol. The molecule has 1 aromatic rings. The summed E-state index contributed by atoms with van der Waals surface area (Å²) >= 11 is 1.59. The molecule has 5 heteroatoms. The van der Waals surface area contributed by atoms with E-state index in [1.165, 1.54) is 29.7 Å². The maximum Gasteiger partial charge on any atom is 0.239 e. The third-order valence-electron chi connectivity index (χ3n) is 3.50. The van der Waals surface area contributed by atoms with Crippen LogP contribution in [0.5, 0.6) is 0 Å². The van der Waals surface area contributed by atoms with Gasteiger partial charge < -0.3 is 10.2 Å². The highest BCUT2D eigenvalue weighted by Crippen LogP contribution is 2.36. The zero-order valence-electron chi connectivity index (χ0n) is 12.2. The molecular formula is C15H21N3OS. The van der Waals surface area contributed by atoms with E-state index in [1.54, 1.807) is 11.3 Å². The molecule has 1 aliphatic rings. The molecule has 0 atom stereocenters. The van der Waals surface area contributed by atoms with Crippen molar-refractivity contribution in [3.63, 3.8) is 0 Å². The number of nitrogens with zero attached hydrogens (tertiary/aromatic N) is 2. The summed E-state index contributed by atoms with van der Waals surface area (Å²) in [5.41, 5.74) is 1.87. The Morgan fingerprint density at radius 3 is 2.65 bits per heavy atom. The second-order valence-corrected chi connectivity index (χ2v) is 6.63. The molecule has 1 aromatic heterocycles. The number of likely N-dealkylation sites (N-methyl/N-ethyl adjacent to an activating group) is 1. The summed E-state index contributed by atoms with van der Waals surface area (Å²) < 4.78 is 0. The molecule has 0 radical (unpaired) electrons. The Labute approximate surface area is 124 Å². The van der Waals surface area contributed by atoms with Gasteiger partial charge in [0, 0.05) is 4.88 Å². The summed E-state index contributed by atoms with van der Waals surface area (Å²) in [5.74, 6) is -0.0549. The van der Waals surface area contributed by atoms with Crippen LogP contribution in [0, 0.1) is 11.3 Å². The SMILES string of the molecule is CN(C)CC(=O)Nc1sc2c(c1C#N)CCCCCC2. The number of rotatable bonds is 3. The lowest BCUT2D eigenvalue weighted by molar-refractivity contribution is -0.116. The van der Waals surface area contributed by atoms with Crippen LogP contribution in [0.3, 0.4) is 0 Å². The topological polar surface area (TPSA) is 56.1 Å². The number of carbonyl (C=O) groups excluding carboxylic acids is 1. The molecule has 1 amide bonds. The maximum absolute atomic E-state index is 11.9. The van der Waals surface area contributed by atoms with E-state index in [1.807, 2.05) is 19.0 Å². The van der Waals surface area contributed by atoms with E-state index < -0.39 is 0 Å². The van der Waals surface area contributed by atoms with Gasteiger partial charge in [-0.25, -0.2) is 0 Å². The lowest BCUT2D eigenvalue weighted by Gasteiger charge is -2.09. The molecule has 1 N–H and O–H groups in total.